The molecule has 0 aliphatic rings. The Morgan fingerprint density at radius 1 is 1.11 bits per heavy atom. The molecule has 102 valence electrons. The fourth-order valence-corrected chi connectivity index (χ4v) is 1.89. The zero-order valence-electron chi connectivity index (χ0n) is 11.1. The molecular weight excluding hydrogens is 233 g/mol. The SMILES string of the molecule is CC(O)CNC(C(C)C)C(O)c1ccc(F)cc1. The van der Waals surface area contributed by atoms with Crippen molar-refractivity contribution >= 4 is 0 Å². The van der Waals surface area contributed by atoms with E-state index < -0.39 is 12.2 Å². The van der Waals surface area contributed by atoms with Crippen LogP contribution < -0.4 is 5.32 Å². The molecule has 3 atom stereocenters. The monoisotopic (exact) mass is 255 g/mol. The molecule has 0 saturated heterocycles. The summed E-state index contributed by atoms with van der Waals surface area (Å²) in [6, 6.07) is 5.67. The van der Waals surface area contributed by atoms with E-state index in [0.29, 0.717) is 12.1 Å². The molecule has 0 radical (unpaired) electrons. The van der Waals surface area contributed by atoms with E-state index >= 15 is 0 Å². The fourth-order valence-electron chi connectivity index (χ4n) is 1.89. The summed E-state index contributed by atoms with van der Waals surface area (Å²) in [5, 5.41) is 22.7. The Hall–Kier alpha value is -0.970. The number of halogens is 1. The molecule has 0 heterocycles. The zero-order valence-corrected chi connectivity index (χ0v) is 11.1. The van der Waals surface area contributed by atoms with Gasteiger partial charge in [-0.1, -0.05) is 26.0 Å². The summed E-state index contributed by atoms with van der Waals surface area (Å²) >= 11 is 0. The van der Waals surface area contributed by atoms with Gasteiger partial charge in [-0.25, -0.2) is 4.39 Å². The smallest absolute Gasteiger partial charge is 0.123 e. The third-order valence-electron chi connectivity index (χ3n) is 2.92. The summed E-state index contributed by atoms with van der Waals surface area (Å²) in [4.78, 5) is 0. The molecule has 1 aromatic carbocycles. The van der Waals surface area contributed by atoms with Crippen LogP contribution in [0, 0.1) is 11.7 Å². The second kappa shape index (κ2) is 6.83. The minimum atomic E-state index is -0.718. The molecule has 3 nitrogen and oxygen atoms in total. The minimum Gasteiger partial charge on any atom is -0.392 e. The molecule has 0 bridgehead atoms. The number of hydrogen-bond acceptors (Lipinski definition) is 3. The minimum absolute atomic E-state index is 0.176. The van der Waals surface area contributed by atoms with Crippen molar-refractivity contribution in [2.24, 2.45) is 5.92 Å². The Balaban J connectivity index is 2.75. The summed E-state index contributed by atoms with van der Waals surface area (Å²) in [7, 11) is 0. The predicted molar refractivity (Wildman–Crippen MR) is 69.7 cm³/mol. The molecule has 4 heteroatoms. The van der Waals surface area contributed by atoms with Gasteiger partial charge in [-0.05, 0) is 30.5 Å². The first-order valence-electron chi connectivity index (χ1n) is 6.26. The largest absolute Gasteiger partial charge is 0.392 e. The number of aliphatic hydroxyl groups is 2. The average molecular weight is 255 g/mol. The number of rotatable bonds is 6. The predicted octanol–water partition coefficient (Wildman–Crippen LogP) is 1.85. The van der Waals surface area contributed by atoms with Crippen LogP contribution in [0.3, 0.4) is 0 Å². The summed E-state index contributed by atoms with van der Waals surface area (Å²) in [6.07, 6.45) is -1.18. The third-order valence-corrected chi connectivity index (χ3v) is 2.92. The van der Waals surface area contributed by atoms with Gasteiger partial charge in [-0.15, -0.1) is 0 Å². The Morgan fingerprint density at radius 2 is 1.67 bits per heavy atom. The molecular formula is C14H22FNO2. The molecule has 0 amide bonds. The maximum atomic E-state index is 12.8. The van der Waals surface area contributed by atoms with Crippen LogP contribution in [-0.2, 0) is 0 Å². The lowest BCUT2D eigenvalue weighted by Crippen LogP contribution is -2.42. The molecule has 0 saturated carbocycles. The number of hydrogen-bond donors (Lipinski definition) is 3. The highest BCUT2D eigenvalue weighted by Crippen LogP contribution is 2.22. The van der Waals surface area contributed by atoms with Crippen LogP contribution in [0.1, 0.15) is 32.4 Å². The molecule has 0 spiro atoms. The molecule has 0 aromatic heterocycles. The van der Waals surface area contributed by atoms with Gasteiger partial charge in [-0.3, -0.25) is 0 Å². The van der Waals surface area contributed by atoms with Gasteiger partial charge < -0.3 is 15.5 Å². The van der Waals surface area contributed by atoms with E-state index in [-0.39, 0.29) is 17.8 Å². The Morgan fingerprint density at radius 3 is 2.11 bits per heavy atom. The Labute approximate surface area is 108 Å². The van der Waals surface area contributed by atoms with Gasteiger partial charge in [-0.2, -0.15) is 0 Å². The second-order valence-electron chi connectivity index (χ2n) is 5.02. The van der Waals surface area contributed by atoms with Crippen molar-refractivity contribution < 1.29 is 14.6 Å². The van der Waals surface area contributed by atoms with Crippen molar-refractivity contribution in [3.05, 3.63) is 35.6 Å². The van der Waals surface area contributed by atoms with E-state index in [4.69, 9.17) is 0 Å². The Kier molecular flexibility index (Phi) is 5.72. The molecule has 0 aliphatic carbocycles. The van der Waals surface area contributed by atoms with Gasteiger partial charge in [0.1, 0.15) is 5.82 Å². The molecule has 3 unspecified atom stereocenters. The van der Waals surface area contributed by atoms with Crippen LogP contribution in [0.15, 0.2) is 24.3 Å². The van der Waals surface area contributed by atoms with Crippen molar-refractivity contribution in [1.29, 1.82) is 0 Å². The highest BCUT2D eigenvalue weighted by molar-refractivity contribution is 5.20. The maximum Gasteiger partial charge on any atom is 0.123 e. The van der Waals surface area contributed by atoms with Gasteiger partial charge in [0, 0.05) is 12.6 Å². The van der Waals surface area contributed by atoms with Crippen LogP contribution in [0.5, 0.6) is 0 Å². The first kappa shape index (κ1) is 15.1. The van der Waals surface area contributed by atoms with Crippen LogP contribution in [-0.4, -0.2) is 28.9 Å². The van der Waals surface area contributed by atoms with Crippen LogP contribution >= 0.6 is 0 Å². The molecule has 0 aliphatic heterocycles. The van der Waals surface area contributed by atoms with Crippen LogP contribution in [0.2, 0.25) is 0 Å². The zero-order chi connectivity index (χ0) is 13.7. The van der Waals surface area contributed by atoms with Crippen molar-refractivity contribution in [3.63, 3.8) is 0 Å². The van der Waals surface area contributed by atoms with Gasteiger partial charge in [0.25, 0.3) is 0 Å². The lowest BCUT2D eigenvalue weighted by molar-refractivity contribution is 0.0930. The average Bonchev–Trinajstić information content (AvgIpc) is 2.29. The third kappa shape index (κ3) is 4.37. The topological polar surface area (TPSA) is 52.5 Å². The molecule has 0 fully saturated rings. The van der Waals surface area contributed by atoms with E-state index in [1.54, 1.807) is 19.1 Å². The van der Waals surface area contributed by atoms with E-state index in [9.17, 15) is 14.6 Å². The highest BCUT2D eigenvalue weighted by Gasteiger charge is 2.23. The van der Waals surface area contributed by atoms with Crippen molar-refractivity contribution in [2.75, 3.05) is 6.54 Å². The summed E-state index contributed by atoms with van der Waals surface area (Å²) in [5.41, 5.74) is 0.674. The second-order valence-corrected chi connectivity index (χ2v) is 5.02. The number of aliphatic hydroxyl groups excluding tert-OH is 2. The van der Waals surface area contributed by atoms with E-state index in [1.807, 2.05) is 13.8 Å². The molecule has 18 heavy (non-hydrogen) atoms. The van der Waals surface area contributed by atoms with Gasteiger partial charge in [0.15, 0.2) is 0 Å². The van der Waals surface area contributed by atoms with E-state index in [1.165, 1.54) is 12.1 Å². The van der Waals surface area contributed by atoms with Gasteiger partial charge >= 0.3 is 0 Å². The van der Waals surface area contributed by atoms with Gasteiger partial charge in [0.2, 0.25) is 0 Å². The Bertz CT molecular complexity index is 351. The van der Waals surface area contributed by atoms with Gasteiger partial charge in [0.05, 0.1) is 12.2 Å². The number of nitrogens with one attached hydrogen (secondary N) is 1. The highest BCUT2D eigenvalue weighted by atomic mass is 19.1. The maximum absolute atomic E-state index is 12.8. The lowest BCUT2D eigenvalue weighted by atomic mass is 9.93. The summed E-state index contributed by atoms with van der Waals surface area (Å²) in [6.45, 7) is 6.09. The molecule has 3 N–H and O–H groups in total. The van der Waals surface area contributed by atoms with Crippen LogP contribution in [0.4, 0.5) is 4.39 Å². The summed E-state index contributed by atoms with van der Waals surface area (Å²) in [5.74, 6) is -0.118. The lowest BCUT2D eigenvalue weighted by Gasteiger charge is -2.28. The van der Waals surface area contributed by atoms with Crippen molar-refractivity contribution in [2.45, 2.75) is 39.0 Å². The van der Waals surface area contributed by atoms with E-state index in [2.05, 4.69) is 5.32 Å². The van der Waals surface area contributed by atoms with Crippen molar-refractivity contribution in [3.8, 4) is 0 Å². The van der Waals surface area contributed by atoms with E-state index in [0.717, 1.165) is 0 Å². The van der Waals surface area contributed by atoms with Crippen LogP contribution in [0.25, 0.3) is 0 Å². The molecule has 1 aromatic rings. The standard InChI is InChI=1S/C14H22FNO2/c1-9(2)13(16-8-10(3)17)14(18)11-4-6-12(15)7-5-11/h4-7,9-10,13-14,16-18H,8H2,1-3H3. The first-order valence-corrected chi connectivity index (χ1v) is 6.26. The first-order chi connectivity index (χ1) is 8.41. The number of benzene rings is 1. The normalized spacial score (nSPS) is 16.6. The quantitative estimate of drug-likeness (QED) is 0.727. The summed E-state index contributed by atoms with van der Waals surface area (Å²) < 4.78 is 12.8. The van der Waals surface area contributed by atoms with Crippen molar-refractivity contribution in [1.82, 2.24) is 5.32 Å². The fraction of sp³-hybridized carbons (Fsp3) is 0.571. The molecule has 1 rings (SSSR count).